The molecule has 1 aliphatic rings. The topological polar surface area (TPSA) is 24.9 Å². The molecule has 1 unspecified atom stereocenters. The van der Waals surface area contributed by atoms with Gasteiger partial charge in [0.05, 0.1) is 5.69 Å². The summed E-state index contributed by atoms with van der Waals surface area (Å²) in [6, 6.07) is 13.3. The fraction of sp³-hybridized carbons (Fsp3) is 0.312. The van der Waals surface area contributed by atoms with Crippen LogP contribution in [0.25, 0.3) is 0 Å². The Hall–Kier alpha value is -1.74. The molecule has 1 fully saturated rings. The van der Waals surface area contributed by atoms with Crippen molar-refractivity contribution < 1.29 is 4.39 Å². The van der Waals surface area contributed by atoms with Crippen molar-refractivity contribution in [1.82, 2.24) is 10.3 Å². The summed E-state index contributed by atoms with van der Waals surface area (Å²) in [5, 5.41) is 3.44. The van der Waals surface area contributed by atoms with Gasteiger partial charge in [-0.2, -0.15) is 0 Å². The van der Waals surface area contributed by atoms with Crippen molar-refractivity contribution in [3.05, 3.63) is 65.2 Å². The number of pyridine rings is 1. The average Bonchev–Trinajstić information content (AvgIpc) is 2.96. The van der Waals surface area contributed by atoms with Gasteiger partial charge in [-0.25, -0.2) is 4.39 Å². The first-order chi connectivity index (χ1) is 9.33. The highest BCUT2D eigenvalue weighted by molar-refractivity contribution is 5.25. The lowest BCUT2D eigenvalue weighted by molar-refractivity contribution is 0.609. The van der Waals surface area contributed by atoms with Crippen LogP contribution in [0.1, 0.15) is 35.8 Å². The quantitative estimate of drug-likeness (QED) is 0.912. The SMILES string of the molecule is Fc1ccccc1Cc1cccc(C2CCCN2)n1. The molecule has 0 saturated carbocycles. The Morgan fingerprint density at radius 3 is 2.84 bits per heavy atom. The van der Waals surface area contributed by atoms with E-state index in [0.29, 0.717) is 18.0 Å². The van der Waals surface area contributed by atoms with Crippen molar-refractivity contribution in [2.24, 2.45) is 0 Å². The number of hydrogen-bond donors (Lipinski definition) is 1. The molecule has 0 spiro atoms. The molecule has 1 aromatic heterocycles. The molecular weight excluding hydrogens is 239 g/mol. The van der Waals surface area contributed by atoms with Crippen molar-refractivity contribution in [1.29, 1.82) is 0 Å². The first kappa shape index (κ1) is 12.3. The Morgan fingerprint density at radius 2 is 2.05 bits per heavy atom. The maximum absolute atomic E-state index is 13.6. The zero-order valence-corrected chi connectivity index (χ0v) is 10.8. The van der Waals surface area contributed by atoms with Gasteiger partial charge < -0.3 is 5.32 Å². The molecular formula is C16H17FN2. The molecule has 1 aromatic carbocycles. The third-order valence-corrected chi connectivity index (χ3v) is 3.58. The van der Waals surface area contributed by atoms with Crippen LogP contribution in [0.4, 0.5) is 4.39 Å². The van der Waals surface area contributed by atoms with Crippen molar-refractivity contribution in [2.45, 2.75) is 25.3 Å². The molecule has 1 saturated heterocycles. The van der Waals surface area contributed by atoms with E-state index in [-0.39, 0.29) is 5.82 Å². The van der Waals surface area contributed by atoms with E-state index in [1.54, 1.807) is 6.07 Å². The second kappa shape index (κ2) is 5.49. The van der Waals surface area contributed by atoms with Crippen LogP contribution >= 0.6 is 0 Å². The molecule has 1 N–H and O–H groups in total. The van der Waals surface area contributed by atoms with Crippen molar-refractivity contribution in [3.8, 4) is 0 Å². The summed E-state index contributed by atoms with van der Waals surface area (Å²) < 4.78 is 13.6. The van der Waals surface area contributed by atoms with Gasteiger partial charge in [-0.05, 0) is 43.1 Å². The van der Waals surface area contributed by atoms with Crippen molar-refractivity contribution >= 4 is 0 Å². The first-order valence-electron chi connectivity index (χ1n) is 6.75. The predicted molar refractivity (Wildman–Crippen MR) is 73.4 cm³/mol. The van der Waals surface area contributed by atoms with E-state index in [1.165, 1.54) is 12.5 Å². The third-order valence-electron chi connectivity index (χ3n) is 3.58. The zero-order chi connectivity index (χ0) is 13.1. The summed E-state index contributed by atoms with van der Waals surface area (Å²) in [6.07, 6.45) is 2.88. The average molecular weight is 256 g/mol. The molecule has 3 heteroatoms. The summed E-state index contributed by atoms with van der Waals surface area (Å²) in [4.78, 5) is 4.66. The highest BCUT2D eigenvalue weighted by Gasteiger charge is 2.17. The normalized spacial score (nSPS) is 18.7. The van der Waals surface area contributed by atoms with Crippen LogP contribution < -0.4 is 5.32 Å². The summed E-state index contributed by atoms with van der Waals surface area (Å²) in [5.41, 5.74) is 2.70. The van der Waals surface area contributed by atoms with Gasteiger partial charge in [-0.1, -0.05) is 24.3 Å². The summed E-state index contributed by atoms with van der Waals surface area (Å²) in [5.74, 6) is -0.159. The van der Waals surface area contributed by atoms with Crippen molar-refractivity contribution in [3.63, 3.8) is 0 Å². The van der Waals surface area contributed by atoms with Crippen LogP contribution in [0, 0.1) is 5.82 Å². The fourth-order valence-corrected chi connectivity index (χ4v) is 2.56. The van der Waals surface area contributed by atoms with E-state index in [0.717, 1.165) is 24.4 Å². The van der Waals surface area contributed by atoms with Gasteiger partial charge in [-0.15, -0.1) is 0 Å². The molecule has 0 amide bonds. The number of halogens is 1. The second-order valence-electron chi connectivity index (χ2n) is 4.97. The van der Waals surface area contributed by atoms with E-state index in [4.69, 9.17) is 0 Å². The van der Waals surface area contributed by atoms with E-state index < -0.39 is 0 Å². The van der Waals surface area contributed by atoms with Crippen LogP contribution in [0.5, 0.6) is 0 Å². The highest BCUT2D eigenvalue weighted by Crippen LogP contribution is 2.22. The van der Waals surface area contributed by atoms with E-state index >= 15 is 0 Å². The number of benzene rings is 1. The van der Waals surface area contributed by atoms with E-state index in [2.05, 4.69) is 10.3 Å². The van der Waals surface area contributed by atoms with Gasteiger partial charge in [0.2, 0.25) is 0 Å². The Bertz CT molecular complexity index is 562. The van der Waals surface area contributed by atoms with Crippen LogP contribution in [0.2, 0.25) is 0 Å². The maximum Gasteiger partial charge on any atom is 0.126 e. The van der Waals surface area contributed by atoms with Gasteiger partial charge in [0.15, 0.2) is 0 Å². The van der Waals surface area contributed by atoms with E-state index in [9.17, 15) is 4.39 Å². The van der Waals surface area contributed by atoms with Crippen molar-refractivity contribution in [2.75, 3.05) is 6.54 Å². The molecule has 0 aliphatic carbocycles. The van der Waals surface area contributed by atoms with Gasteiger partial charge in [0, 0.05) is 18.2 Å². The standard InChI is InChI=1S/C16H17FN2/c17-14-7-2-1-5-12(14)11-13-6-3-8-16(19-13)15-9-4-10-18-15/h1-3,5-8,15,18H,4,9-11H2. The molecule has 1 aliphatic heterocycles. The van der Waals surface area contributed by atoms with Crippen LogP contribution in [0.15, 0.2) is 42.5 Å². The summed E-state index contributed by atoms with van der Waals surface area (Å²) in [7, 11) is 0. The lowest BCUT2D eigenvalue weighted by Crippen LogP contribution is -2.14. The van der Waals surface area contributed by atoms with E-state index in [1.807, 2.05) is 30.3 Å². The Balaban J connectivity index is 1.81. The van der Waals surface area contributed by atoms with Gasteiger partial charge in [0.25, 0.3) is 0 Å². The van der Waals surface area contributed by atoms with Crippen LogP contribution in [-0.2, 0) is 6.42 Å². The predicted octanol–water partition coefficient (Wildman–Crippen LogP) is 3.24. The number of nitrogens with zero attached hydrogens (tertiary/aromatic N) is 1. The molecule has 1 atom stereocenters. The van der Waals surface area contributed by atoms with Gasteiger partial charge in [-0.3, -0.25) is 4.98 Å². The molecule has 2 heterocycles. The molecule has 2 aromatic rings. The summed E-state index contributed by atoms with van der Waals surface area (Å²) in [6.45, 7) is 1.06. The maximum atomic E-state index is 13.6. The number of rotatable bonds is 3. The number of hydrogen-bond acceptors (Lipinski definition) is 2. The minimum atomic E-state index is -0.159. The lowest BCUT2D eigenvalue weighted by Gasteiger charge is -2.11. The Labute approximate surface area is 112 Å². The molecule has 0 bridgehead atoms. The summed E-state index contributed by atoms with van der Waals surface area (Å²) >= 11 is 0. The first-order valence-corrected chi connectivity index (χ1v) is 6.75. The number of nitrogens with one attached hydrogen (secondary N) is 1. The Morgan fingerprint density at radius 1 is 1.16 bits per heavy atom. The fourth-order valence-electron chi connectivity index (χ4n) is 2.56. The lowest BCUT2D eigenvalue weighted by atomic mass is 10.1. The third kappa shape index (κ3) is 2.82. The van der Waals surface area contributed by atoms with Gasteiger partial charge >= 0.3 is 0 Å². The molecule has 2 nitrogen and oxygen atoms in total. The molecule has 19 heavy (non-hydrogen) atoms. The molecule has 0 radical (unpaired) electrons. The number of aromatic nitrogens is 1. The second-order valence-corrected chi connectivity index (χ2v) is 4.97. The molecule has 98 valence electrons. The zero-order valence-electron chi connectivity index (χ0n) is 10.8. The molecule has 3 rings (SSSR count). The van der Waals surface area contributed by atoms with Crippen LogP contribution in [-0.4, -0.2) is 11.5 Å². The van der Waals surface area contributed by atoms with Gasteiger partial charge in [0.1, 0.15) is 5.82 Å². The monoisotopic (exact) mass is 256 g/mol. The largest absolute Gasteiger partial charge is 0.309 e. The smallest absolute Gasteiger partial charge is 0.126 e. The van der Waals surface area contributed by atoms with Crippen LogP contribution in [0.3, 0.4) is 0 Å². The minimum absolute atomic E-state index is 0.159. The Kier molecular flexibility index (Phi) is 3.56. The minimum Gasteiger partial charge on any atom is -0.309 e. The highest BCUT2D eigenvalue weighted by atomic mass is 19.1.